The normalized spacial score (nSPS) is 13.6. The smallest absolute Gasteiger partial charge is 0.254 e. The third kappa shape index (κ3) is 4.83. The topological polar surface area (TPSA) is 88.1 Å². The van der Waals surface area contributed by atoms with Gasteiger partial charge in [0.2, 0.25) is 5.91 Å². The number of nitrogens with one attached hydrogen (secondary N) is 1. The van der Waals surface area contributed by atoms with Crippen molar-refractivity contribution in [3.8, 4) is 11.5 Å². The first-order valence-electron chi connectivity index (χ1n) is 9.19. The molecule has 3 rings (SSSR count). The van der Waals surface area contributed by atoms with Gasteiger partial charge in [0.05, 0.1) is 26.0 Å². The van der Waals surface area contributed by atoms with Gasteiger partial charge in [0.25, 0.3) is 5.91 Å². The van der Waals surface area contributed by atoms with Crippen molar-refractivity contribution in [2.45, 2.75) is 18.9 Å². The molecular weight excluding hydrogens is 379 g/mol. The van der Waals surface area contributed by atoms with Gasteiger partial charge in [-0.2, -0.15) is 0 Å². The number of aliphatic hydroxyl groups excluding tert-OH is 1. The first kappa shape index (κ1) is 20.6. The number of aliphatic hydroxyl groups is 1. The number of carbonyl (C=O) groups excluding carboxylic acids is 2. The van der Waals surface area contributed by atoms with Gasteiger partial charge in [-0.05, 0) is 36.2 Å². The number of methoxy groups -OCH3 is 2. The number of rotatable bonds is 7. The zero-order chi connectivity index (χ0) is 21.0. The molecule has 1 aliphatic rings. The molecule has 1 heterocycles. The van der Waals surface area contributed by atoms with Crippen LogP contribution in [0.15, 0.2) is 36.4 Å². The summed E-state index contributed by atoms with van der Waals surface area (Å²) in [6, 6.07) is 9.14. The minimum absolute atomic E-state index is 0.130. The highest BCUT2D eigenvalue weighted by molar-refractivity contribution is 5.99. The summed E-state index contributed by atoms with van der Waals surface area (Å²) in [6.45, 7) is 0.533. The van der Waals surface area contributed by atoms with E-state index in [4.69, 9.17) is 9.47 Å². The molecule has 8 heteroatoms. The number of benzene rings is 2. The van der Waals surface area contributed by atoms with E-state index in [0.29, 0.717) is 34.7 Å². The van der Waals surface area contributed by atoms with Crippen LogP contribution in [0.5, 0.6) is 11.5 Å². The Balaban J connectivity index is 1.76. The van der Waals surface area contributed by atoms with Gasteiger partial charge < -0.3 is 24.8 Å². The molecular formula is C21H23FN2O5. The van der Waals surface area contributed by atoms with E-state index in [0.717, 1.165) is 0 Å². The maximum atomic E-state index is 13.3. The number of anilines is 1. The molecule has 0 bridgehead atoms. The van der Waals surface area contributed by atoms with Crippen molar-refractivity contribution in [2.24, 2.45) is 0 Å². The molecule has 154 valence electrons. The van der Waals surface area contributed by atoms with Crippen LogP contribution in [0.25, 0.3) is 0 Å². The third-order valence-electron chi connectivity index (χ3n) is 4.68. The average molecular weight is 402 g/mol. The predicted octanol–water partition coefficient (Wildman–Crippen LogP) is 2.23. The Morgan fingerprint density at radius 2 is 1.97 bits per heavy atom. The SMILES string of the molecule is COc1cc(C(=O)N2CC(O)C2)cc(NC(=O)CCc2cccc(F)c2)c1OC. The summed E-state index contributed by atoms with van der Waals surface area (Å²) < 4.78 is 23.9. The number of amides is 2. The molecule has 2 aromatic carbocycles. The van der Waals surface area contributed by atoms with E-state index < -0.39 is 6.10 Å². The number of hydrogen-bond acceptors (Lipinski definition) is 5. The molecule has 0 radical (unpaired) electrons. The summed E-state index contributed by atoms with van der Waals surface area (Å²) in [4.78, 5) is 26.5. The van der Waals surface area contributed by atoms with Crippen molar-refractivity contribution in [3.63, 3.8) is 0 Å². The molecule has 0 spiro atoms. The summed E-state index contributed by atoms with van der Waals surface area (Å²) >= 11 is 0. The maximum absolute atomic E-state index is 13.3. The van der Waals surface area contributed by atoms with Gasteiger partial charge in [-0.15, -0.1) is 0 Å². The lowest BCUT2D eigenvalue weighted by atomic mass is 10.1. The molecule has 0 aliphatic carbocycles. The third-order valence-corrected chi connectivity index (χ3v) is 4.68. The molecule has 2 N–H and O–H groups in total. The van der Waals surface area contributed by atoms with E-state index in [1.165, 1.54) is 43.4 Å². The molecule has 0 aromatic heterocycles. The fraction of sp³-hybridized carbons (Fsp3) is 0.333. The average Bonchev–Trinajstić information content (AvgIpc) is 2.68. The Morgan fingerprint density at radius 3 is 2.59 bits per heavy atom. The van der Waals surface area contributed by atoms with E-state index >= 15 is 0 Å². The lowest BCUT2D eigenvalue weighted by Crippen LogP contribution is -2.53. The Kier molecular flexibility index (Phi) is 6.33. The van der Waals surface area contributed by atoms with Crippen LogP contribution in [0.3, 0.4) is 0 Å². The van der Waals surface area contributed by atoms with Crippen molar-refractivity contribution in [1.82, 2.24) is 4.90 Å². The van der Waals surface area contributed by atoms with Crippen LogP contribution in [0.4, 0.5) is 10.1 Å². The first-order chi connectivity index (χ1) is 13.9. The number of ether oxygens (including phenoxy) is 2. The number of hydrogen-bond donors (Lipinski definition) is 2. The van der Waals surface area contributed by atoms with Crippen LogP contribution in [-0.2, 0) is 11.2 Å². The standard InChI is InChI=1S/C21H23FN2O5/c1-28-18-10-14(21(27)24-11-16(25)12-24)9-17(20(18)29-2)23-19(26)7-6-13-4-3-5-15(22)8-13/h3-5,8-10,16,25H,6-7,11-12H2,1-2H3,(H,23,26). The van der Waals surface area contributed by atoms with Gasteiger partial charge in [0, 0.05) is 25.1 Å². The minimum Gasteiger partial charge on any atom is -0.493 e. The fourth-order valence-electron chi connectivity index (χ4n) is 3.15. The second kappa shape index (κ2) is 8.91. The van der Waals surface area contributed by atoms with Crippen molar-refractivity contribution in [1.29, 1.82) is 0 Å². The van der Waals surface area contributed by atoms with Crippen molar-refractivity contribution in [2.75, 3.05) is 32.6 Å². The zero-order valence-corrected chi connectivity index (χ0v) is 16.3. The Morgan fingerprint density at radius 1 is 1.21 bits per heavy atom. The monoisotopic (exact) mass is 402 g/mol. The summed E-state index contributed by atoms with van der Waals surface area (Å²) in [5.74, 6) is -0.326. The summed E-state index contributed by atoms with van der Waals surface area (Å²) in [5.41, 5.74) is 1.33. The van der Waals surface area contributed by atoms with Gasteiger partial charge in [0.1, 0.15) is 5.82 Å². The molecule has 0 atom stereocenters. The highest BCUT2D eigenvalue weighted by atomic mass is 19.1. The zero-order valence-electron chi connectivity index (χ0n) is 16.3. The van der Waals surface area contributed by atoms with Gasteiger partial charge >= 0.3 is 0 Å². The molecule has 0 saturated carbocycles. The molecule has 1 saturated heterocycles. The summed E-state index contributed by atoms with van der Waals surface area (Å²) in [5, 5.41) is 12.2. The van der Waals surface area contributed by atoms with E-state index in [2.05, 4.69) is 5.32 Å². The van der Waals surface area contributed by atoms with Crippen LogP contribution < -0.4 is 14.8 Å². The van der Waals surface area contributed by atoms with Crippen molar-refractivity contribution >= 4 is 17.5 Å². The molecule has 1 fully saturated rings. The number of carbonyl (C=O) groups is 2. The van der Waals surface area contributed by atoms with Gasteiger partial charge in [-0.25, -0.2) is 4.39 Å². The molecule has 2 aromatic rings. The predicted molar refractivity (Wildman–Crippen MR) is 105 cm³/mol. The highest BCUT2D eigenvalue weighted by Crippen LogP contribution is 2.37. The molecule has 0 unspecified atom stereocenters. The van der Waals surface area contributed by atoms with Crippen LogP contribution >= 0.6 is 0 Å². The first-order valence-corrected chi connectivity index (χ1v) is 9.19. The van der Waals surface area contributed by atoms with Gasteiger partial charge in [0.15, 0.2) is 11.5 Å². The van der Waals surface area contributed by atoms with Gasteiger partial charge in [-0.3, -0.25) is 9.59 Å². The molecule has 29 heavy (non-hydrogen) atoms. The van der Waals surface area contributed by atoms with Crippen molar-refractivity contribution in [3.05, 3.63) is 53.3 Å². The van der Waals surface area contributed by atoms with E-state index in [1.807, 2.05) is 0 Å². The van der Waals surface area contributed by atoms with Crippen LogP contribution in [0, 0.1) is 5.82 Å². The highest BCUT2D eigenvalue weighted by Gasteiger charge is 2.30. The fourth-order valence-corrected chi connectivity index (χ4v) is 3.15. The van der Waals surface area contributed by atoms with E-state index in [-0.39, 0.29) is 37.1 Å². The molecule has 1 aliphatic heterocycles. The van der Waals surface area contributed by atoms with Crippen molar-refractivity contribution < 1.29 is 28.6 Å². The Bertz CT molecular complexity index is 912. The minimum atomic E-state index is -0.513. The largest absolute Gasteiger partial charge is 0.493 e. The second-order valence-corrected chi connectivity index (χ2v) is 6.80. The maximum Gasteiger partial charge on any atom is 0.254 e. The number of β-amino-alcohol motifs (C(OH)–C–C–N with tert-alkyl or cyclic N) is 1. The number of likely N-dealkylation sites (tertiary alicyclic amines) is 1. The second-order valence-electron chi connectivity index (χ2n) is 6.80. The molecule has 2 amide bonds. The molecule has 7 nitrogen and oxygen atoms in total. The quantitative estimate of drug-likeness (QED) is 0.742. The summed E-state index contributed by atoms with van der Waals surface area (Å²) in [6.07, 6.45) is -0.0141. The number of halogens is 1. The summed E-state index contributed by atoms with van der Waals surface area (Å²) in [7, 11) is 2.88. The van der Waals surface area contributed by atoms with Crippen LogP contribution in [-0.4, -0.2) is 55.2 Å². The number of aryl methyl sites for hydroxylation is 1. The van der Waals surface area contributed by atoms with Crippen LogP contribution in [0.2, 0.25) is 0 Å². The van der Waals surface area contributed by atoms with E-state index in [9.17, 15) is 19.1 Å². The Hall–Kier alpha value is -3.13. The van der Waals surface area contributed by atoms with E-state index in [1.54, 1.807) is 12.1 Å². The van der Waals surface area contributed by atoms with Gasteiger partial charge in [-0.1, -0.05) is 12.1 Å². The van der Waals surface area contributed by atoms with Crippen LogP contribution in [0.1, 0.15) is 22.3 Å². The Labute approximate surface area is 168 Å². The lowest BCUT2D eigenvalue weighted by molar-refractivity contribution is -0.116. The number of nitrogens with zero attached hydrogens (tertiary/aromatic N) is 1. The lowest BCUT2D eigenvalue weighted by Gasteiger charge is -2.36.